The van der Waals surface area contributed by atoms with Crippen LogP contribution in [0.15, 0.2) is 12.3 Å². The van der Waals surface area contributed by atoms with Crippen LogP contribution < -0.4 is 5.32 Å². The molecular weight excluding hydrogens is 342 g/mol. The molecule has 0 saturated carbocycles. The molecule has 138 valence electrons. The summed E-state index contributed by atoms with van der Waals surface area (Å²) < 4.78 is 0. The van der Waals surface area contributed by atoms with Gasteiger partial charge in [0.2, 0.25) is 11.8 Å². The number of carbonyl (C=O) groups excluding carboxylic acids is 3. The minimum atomic E-state index is -0.522. The molecule has 25 heavy (non-hydrogen) atoms. The number of nitrogens with one attached hydrogen (secondary N) is 2. The van der Waals surface area contributed by atoms with E-state index in [0.29, 0.717) is 37.5 Å². The first-order valence-corrected chi connectivity index (χ1v) is 9.78. The molecule has 8 nitrogen and oxygen atoms in total. The van der Waals surface area contributed by atoms with Crippen molar-refractivity contribution in [2.24, 2.45) is 0 Å². The van der Waals surface area contributed by atoms with Crippen molar-refractivity contribution in [3.8, 4) is 0 Å². The van der Waals surface area contributed by atoms with Gasteiger partial charge in [-0.3, -0.25) is 19.5 Å². The molecule has 1 aliphatic rings. The first-order chi connectivity index (χ1) is 12.0. The Bertz CT molecular complexity index is 603. The fraction of sp³-hybridized carbons (Fsp3) is 0.625. The van der Waals surface area contributed by atoms with E-state index in [1.807, 2.05) is 20.1 Å². The highest BCUT2D eigenvalue weighted by atomic mass is 32.2. The number of hydrogen-bond donors (Lipinski definition) is 2. The van der Waals surface area contributed by atoms with Gasteiger partial charge in [-0.25, -0.2) is 0 Å². The van der Waals surface area contributed by atoms with Crippen molar-refractivity contribution in [1.29, 1.82) is 0 Å². The lowest BCUT2D eigenvalue weighted by Gasteiger charge is -2.28. The summed E-state index contributed by atoms with van der Waals surface area (Å²) in [7, 11) is 0. The Balaban J connectivity index is 2.11. The number of H-pyrrole nitrogens is 1. The zero-order valence-electron chi connectivity index (χ0n) is 14.8. The highest BCUT2D eigenvalue weighted by Crippen LogP contribution is 2.21. The lowest BCUT2D eigenvalue weighted by atomic mass is 10.1. The molecule has 0 spiro atoms. The van der Waals surface area contributed by atoms with Crippen LogP contribution in [0.2, 0.25) is 0 Å². The number of aromatic amines is 1. The number of amides is 3. The first-order valence-electron chi connectivity index (χ1n) is 8.39. The average Bonchev–Trinajstić information content (AvgIpc) is 3.26. The molecule has 3 amide bonds. The molecule has 2 rings (SSSR count). The van der Waals surface area contributed by atoms with Crippen molar-refractivity contribution in [1.82, 2.24) is 25.3 Å². The summed E-state index contributed by atoms with van der Waals surface area (Å²) in [6, 6.07) is 0.803. The third kappa shape index (κ3) is 4.53. The Morgan fingerprint density at radius 3 is 2.68 bits per heavy atom. The third-order valence-corrected chi connectivity index (χ3v) is 4.87. The molecule has 0 unspecified atom stereocenters. The van der Waals surface area contributed by atoms with Crippen LogP contribution in [0.3, 0.4) is 0 Å². The quantitative estimate of drug-likeness (QED) is 0.724. The molecule has 9 heteroatoms. The Morgan fingerprint density at radius 2 is 2.12 bits per heavy atom. The van der Waals surface area contributed by atoms with Gasteiger partial charge in [0.05, 0.1) is 5.75 Å². The van der Waals surface area contributed by atoms with Gasteiger partial charge in [0.15, 0.2) is 0 Å². The summed E-state index contributed by atoms with van der Waals surface area (Å²) >= 11 is 1.43. The van der Waals surface area contributed by atoms with E-state index in [1.165, 1.54) is 18.0 Å². The largest absolute Gasteiger partial charge is 0.346 e. The van der Waals surface area contributed by atoms with Crippen LogP contribution in [0.4, 0.5) is 0 Å². The number of thioether (sulfide) groups is 1. The molecule has 0 aromatic carbocycles. The van der Waals surface area contributed by atoms with E-state index in [9.17, 15) is 14.4 Å². The first kappa shape index (κ1) is 19.3. The van der Waals surface area contributed by atoms with Crippen LogP contribution in [-0.4, -0.2) is 81.4 Å². The van der Waals surface area contributed by atoms with Gasteiger partial charge in [0.25, 0.3) is 5.91 Å². The number of aromatic nitrogens is 2. The Labute approximate surface area is 151 Å². The maximum absolute atomic E-state index is 12.8. The summed E-state index contributed by atoms with van der Waals surface area (Å²) in [4.78, 5) is 40.7. The van der Waals surface area contributed by atoms with E-state index in [2.05, 4.69) is 15.5 Å². The van der Waals surface area contributed by atoms with E-state index >= 15 is 0 Å². The summed E-state index contributed by atoms with van der Waals surface area (Å²) in [5.74, 6) is -0.0896. The number of rotatable bonds is 7. The molecule has 0 bridgehead atoms. The highest BCUT2D eigenvalue weighted by molar-refractivity contribution is 7.99. The van der Waals surface area contributed by atoms with Gasteiger partial charge < -0.3 is 15.1 Å². The topological polar surface area (TPSA) is 98.4 Å². The van der Waals surface area contributed by atoms with Gasteiger partial charge in [-0.2, -0.15) is 16.9 Å². The predicted octanol–water partition coefficient (Wildman–Crippen LogP) is 0.340. The van der Waals surface area contributed by atoms with Gasteiger partial charge in [-0.05, 0) is 32.6 Å². The lowest BCUT2D eigenvalue weighted by Crippen LogP contribution is -2.48. The van der Waals surface area contributed by atoms with Crippen LogP contribution in [-0.2, 0) is 9.59 Å². The monoisotopic (exact) mass is 367 g/mol. The van der Waals surface area contributed by atoms with Crippen molar-refractivity contribution in [2.45, 2.75) is 32.4 Å². The fourth-order valence-electron chi connectivity index (χ4n) is 3.05. The fourth-order valence-corrected chi connectivity index (χ4v) is 3.46. The maximum Gasteiger partial charge on any atom is 0.269 e. The molecule has 2 heterocycles. The molecule has 1 aliphatic heterocycles. The second-order valence-corrected chi connectivity index (χ2v) is 6.75. The molecule has 0 aliphatic carbocycles. The molecule has 2 N–H and O–H groups in total. The van der Waals surface area contributed by atoms with E-state index in [-0.39, 0.29) is 23.8 Å². The smallest absolute Gasteiger partial charge is 0.269 e. The number of hydrogen-bond acceptors (Lipinski definition) is 5. The summed E-state index contributed by atoms with van der Waals surface area (Å²) in [5.41, 5.74) is 0.362. The van der Waals surface area contributed by atoms with Gasteiger partial charge >= 0.3 is 0 Å². The van der Waals surface area contributed by atoms with Gasteiger partial charge in [-0.15, -0.1) is 0 Å². The second kappa shape index (κ2) is 8.89. The molecule has 1 saturated heterocycles. The lowest BCUT2D eigenvalue weighted by molar-refractivity contribution is -0.142. The SMILES string of the molecule is CCN(CC)C(=O)[C@@H]1C[C@H](NC(=O)c2ccn[nH]2)CN1C(=O)CSC. The number of nitrogens with zero attached hydrogens (tertiary/aromatic N) is 3. The van der Waals surface area contributed by atoms with E-state index in [0.717, 1.165) is 0 Å². The zero-order chi connectivity index (χ0) is 18.4. The Morgan fingerprint density at radius 1 is 1.40 bits per heavy atom. The average molecular weight is 367 g/mol. The van der Waals surface area contributed by atoms with Gasteiger partial charge in [0, 0.05) is 31.9 Å². The van der Waals surface area contributed by atoms with Gasteiger partial charge in [0.1, 0.15) is 11.7 Å². The number of carbonyl (C=O) groups is 3. The predicted molar refractivity (Wildman–Crippen MR) is 96.3 cm³/mol. The van der Waals surface area contributed by atoms with Crippen LogP contribution in [0, 0.1) is 0 Å². The van der Waals surface area contributed by atoms with Crippen molar-refractivity contribution in [3.63, 3.8) is 0 Å². The molecular formula is C16H25N5O3S. The third-order valence-electron chi connectivity index (χ3n) is 4.33. The summed E-state index contributed by atoms with van der Waals surface area (Å²) in [5, 5.41) is 9.26. The van der Waals surface area contributed by atoms with Crippen molar-refractivity contribution < 1.29 is 14.4 Å². The number of likely N-dealkylation sites (tertiary alicyclic amines) is 1. The highest BCUT2D eigenvalue weighted by Gasteiger charge is 2.41. The van der Waals surface area contributed by atoms with Gasteiger partial charge in [-0.1, -0.05) is 0 Å². The van der Waals surface area contributed by atoms with Crippen LogP contribution in [0.5, 0.6) is 0 Å². The minimum absolute atomic E-state index is 0.0576. The Hall–Kier alpha value is -2.03. The van der Waals surface area contributed by atoms with E-state index < -0.39 is 6.04 Å². The molecule has 1 fully saturated rings. The van der Waals surface area contributed by atoms with Crippen molar-refractivity contribution >= 4 is 29.5 Å². The molecule has 1 aromatic rings. The molecule has 0 radical (unpaired) electrons. The normalized spacial score (nSPS) is 19.7. The Kier molecular flexibility index (Phi) is 6.86. The second-order valence-electron chi connectivity index (χ2n) is 5.88. The van der Waals surface area contributed by atoms with E-state index in [4.69, 9.17) is 0 Å². The summed E-state index contributed by atoms with van der Waals surface area (Å²) in [6.45, 7) is 5.38. The zero-order valence-corrected chi connectivity index (χ0v) is 15.6. The number of likely N-dealkylation sites (N-methyl/N-ethyl adjacent to an activating group) is 1. The standard InChI is InChI=1S/C16H25N5O3S/c1-4-20(5-2)16(24)13-8-11(9-21(13)14(22)10-25-3)18-15(23)12-6-7-17-19-12/h6-7,11,13H,4-5,8-10H2,1-3H3,(H,17,19)(H,18,23)/t11-,13-/m0/s1. The molecule has 2 atom stereocenters. The summed E-state index contributed by atoms with van der Waals surface area (Å²) in [6.07, 6.45) is 3.78. The van der Waals surface area contributed by atoms with Crippen LogP contribution >= 0.6 is 11.8 Å². The molecule has 1 aromatic heterocycles. The van der Waals surface area contributed by atoms with Crippen molar-refractivity contribution in [3.05, 3.63) is 18.0 Å². The minimum Gasteiger partial charge on any atom is -0.346 e. The van der Waals surface area contributed by atoms with Crippen LogP contribution in [0.1, 0.15) is 30.8 Å². The van der Waals surface area contributed by atoms with Crippen LogP contribution in [0.25, 0.3) is 0 Å². The maximum atomic E-state index is 12.8. The van der Waals surface area contributed by atoms with Crippen molar-refractivity contribution in [2.75, 3.05) is 31.6 Å². The van der Waals surface area contributed by atoms with E-state index in [1.54, 1.807) is 15.9 Å².